The molecule has 1 aromatic heterocycles. The standard InChI is InChI=1S/C22H24N5O3.ClH/c1-27(13-15-30-16-14-27)21-23-20(24-22(25-21)29-2)26(18-11-7-4-8-12-18)19(28)17-9-5-3-6-10-17;/h3-12H,13-16H2,1-2H3;1H/q+1;/p-1. The van der Waals surface area contributed by atoms with Crippen LogP contribution in [0.2, 0.25) is 0 Å². The monoisotopic (exact) mass is 441 g/mol. The second-order valence-electron chi connectivity index (χ2n) is 7.22. The molecule has 4 rings (SSSR count). The van der Waals surface area contributed by atoms with Crippen LogP contribution < -0.4 is 26.5 Å². The number of hydrogen-bond acceptors (Lipinski definition) is 6. The van der Waals surface area contributed by atoms with E-state index in [-0.39, 0.29) is 30.3 Å². The predicted octanol–water partition coefficient (Wildman–Crippen LogP) is -0.170. The van der Waals surface area contributed by atoms with E-state index in [0.717, 1.165) is 13.1 Å². The quantitative estimate of drug-likeness (QED) is 0.512. The maximum atomic E-state index is 13.5. The number of anilines is 2. The van der Waals surface area contributed by atoms with E-state index in [1.165, 1.54) is 12.0 Å². The molecular formula is C22H24ClN5O3. The number of hydrogen-bond donors (Lipinski definition) is 0. The molecule has 1 fully saturated rings. The number of halogens is 1. The van der Waals surface area contributed by atoms with Gasteiger partial charge in [0.25, 0.3) is 5.91 Å². The summed E-state index contributed by atoms with van der Waals surface area (Å²) in [4.78, 5) is 28.6. The minimum atomic E-state index is -0.231. The van der Waals surface area contributed by atoms with Gasteiger partial charge in [0.1, 0.15) is 13.1 Å². The molecule has 0 bridgehead atoms. The first kappa shape index (κ1) is 22.6. The van der Waals surface area contributed by atoms with Crippen LogP contribution in [0.1, 0.15) is 10.4 Å². The largest absolute Gasteiger partial charge is 1.00 e. The van der Waals surface area contributed by atoms with Gasteiger partial charge in [0.2, 0.25) is 5.95 Å². The molecule has 9 heteroatoms. The summed E-state index contributed by atoms with van der Waals surface area (Å²) in [6.45, 7) is 2.69. The normalized spacial score (nSPS) is 14.9. The highest BCUT2D eigenvalue weighted by Crippen LogP contribution is 2.29. The molecule has 2 aromatic carbocycles. The Kier molecular flexibility index (Phi) is 7.17. The summed E-state index contributed by atoms with van der Waals surface area (Å²) in [6, 6.07) is 18.6. The van der Waals surface area contributed by atoms with E-state index >= 15 is 0 Å². The molecule has 0 atom stereocenters. The third-order valence-corrected chi connectivity index (χ3v) is 5.15. The molecule has 1 saturated heterocycles. The van der Waals surface area contributed by atoms with E-state index in [1.54, 1.807) is 12.1 Å². The Morgan fingerprint density at radius 2 is 1.58 bits per heavy atom. The van der Waals surface area contributed by atoms with E-state index in [0.29, 0.717) is 34.9 Å². The molecule has 3 aromatic rings. The van der Waals surface area contributed by atoms with Crippen molar-refractivity contribution in [3.63, 3.8) is 0 Å². The Balaban J connectivity index is 0.00000272. The highest BCUT2D eigenvalue weighted by molar-refractivity contribution is 6.09. The maximum Gasteiger partial charge on any atom is 0.336 e. The second-order valence-corrected chi connectivity index (χ2v) is 7.22. The number of carbonyl (C=O) groups is 1. The van der Waals surface area contributed by atoms with Crippen molar-refractivity contribution in [3.05, 3.63) is 66.2 Å². The van der Waals surface area contributed by atoms with Gasteiger partial charge in [-0.2, -0.15) is 4.98 Å². The number of rotatable bonds is 5. The van der Waals surface area contributed by atoms with Gasteiger partial charge in [-0.15, -0.1) is 9.97 Å². The number of amides is 1. The van der Waals surface area contributed by atoms with Crippen molar-refractivity contribution in [2.24, 2.45) is 0 Å². The molecular weight excluding hydrogens is 418 g/mol. The number of ether oxygens (including phenoxy) is 2. The van der Waals surface area contributed by atoms with Crippen LogP contribution in [-0.4, -0.2) is 61.3 Å². The van der Waals surface area contributed by atoms with Gasteiger partial charge >= 0.3 is 12.0 Å². The first-order valence-electron chi connectivity index (χ1n) is 9.78. The summed E-state index contributed by atoms with van der Waals surface area (Å²) in [5.41, 5.74) is 1.20. The lowest BCUT2D eigenvalue weighted by atomic mass is 10.2. The smallest absolute Gasteiger partial charge is 0.336 e. The number of methoxy groups -OCH3 is 1. The van der Waals surface area contributed by atoms with E-state index in [1.807, 2.05) is 55.6 Å². The number of morpholine rings is 1. The van der Waals surface area contributed by atoms with Crippen molar-refractivity contribution in [2.75, 3.05) is 45.4 Å². The van der Waals surface area contributed by atoms with Crippen molar-refractivity contribution in [1.82, 2.24) is 19.4 Å². The third kappa shape index (κ3) is 4.82. The first-order valence-corrected chi connectivity index (χ1v) is 9.78. The van der Waals surface area contributed by atoms with Crippen LogP contribution >= 0.6 is 0 Å². The van der Waals surface area contributed by atoms with Crippen molar-refractivity contribution in [3.8, 4) is 6.01 Å². The first-order chi connectivity index (χ1) is 14.6. The summed E-state index contributed by atoms with van der Waals surface area (Å²) in [5, 5.41) is 0. The Morgan fingerprint density at radius 3 is 2.19 bits per heavy atom. The van der Waals surface area contributed by atoms with Gasteiger partial charge < -0.3 is 21.9 Å². The molecule has 31 heavy (non-hydrogen) atoms. The van der Waals surface area contributed by atoms with Crippen molar-refractivity contribution in [1.29, 1.82) is 0 Å². The molecule has 0 saturated carbocycles. The topological polar surface area (TPSA) is 77.4 Å². The lowest BCUT2D eigenvalue weighted by Crippen LogP contribution is -3.00. The highest BCUT2D eigenvalue weighted by atomic mass is 35.5. The number of carbonyl (C=O) groups excluding carboxylic acids is 1. The molecule has 1 amide bonds. The fourth-order valence-corrected chi connectivity index (χ4v) is 3.32. The molecule has 0 N–H and O–H groups in total. The summed E-state index contributed by atoms with van der Waals surface area (Å²) < 4.78 is 11.3. The lowest BCUT2D eigenvalue weighted by molar-refractivity contribution is -0.0000163. The molecule has 0 unspecified atom stereocenters. The third-order valence-electron chi connectivity index (χ3n) is 5.15. The summed E-state index contributed by atoms with van der Waals surface area (Å²) in [6.07, 6.45) is 0. The maximum absolute atomic E-state index is 13.5. The number of likely N-dealkylation sites (N-methyl/N-ethyl adjacent to an activating group) is 1. The van der Waals surface area contributed by atoms with Crippen LogP contribution in [0.3, 0.4) is 0 Å². The predicted molar refractivity (Wildman–Crippen MR) is 114 cm³/mol. The van der Waals surface area contributed by atoms with Gasteiger partial charge in [0.05, 0.1) is 33.1 Å². The van der Waals surface area contributed by atoms with Crippen LogP contribution in [0.15, 0.2) is 60.7 Å². The Morgan fingerprint density at radius 1 is 0.968 bits per heavy atom. The minimum absolute atomic E-state index is 0. The van der Waals surface area contributed by atoms with Crippen LogP contribution in [0.5, 0.6) is 6.01 Å². The molecule has 0 spiro atoms. The van der Waals surface area contributed by atoms with Crippen LogP contribution in [0.25, 0.3) is 0 Å². The highest BCUT2D eigenvalue weighted by Gasteiger charge is 2.34. The number of quaternary nitrogens is 1. The number of nitrogens with zero attached hydrogens (tertiary/aromatic N) is 5. The second kappa shape index (κ2) is 9.82. The average molecular weight is 442 g/mol. The Labute approximate surface area is 187 Å². The fourth-order valence-electron chi connectivity index (χ4n) is 3.32. The summed E-state index contributed by atoms with van der Waals surface area (Å²) >= 11 is 0. The molecule has 1 aliphatic rings. The van der Waals surface area contributed by atoms with E-state index in [4.69, 9.17) is 14.5 Å². The van der Waals surface area contributed by atoms with E-state index in [2.05, 4.69) is 9.97 Å². The van der Waals surface area contributed by atoms with Crippen LogP contribution in [0.4, 0.5) is 17.6 Å². The molecule has 162 valence electrons. The van der Waals surface area contributed by atoms with Gasteiger partial charge in [0, 0.05) is 5.56 Å². The number of para-hydroxylation sites is 1. The van der Waals surface area contributed by atoms with E-state index < -0.39 is 0 Å². The number of benzene rings is 2. The van der Waals surface area contributed by atoms with Gasteiger partial charge in [-0.25, -0.2) is 4.90 Å². The van der Waals surface area contributed by atoms with Gasteiger partial charge in [-0.05, 0) is 24.3 Å². The van der Waals surface area contributed by atoms with Crippen molar-refractivity contribution < 1.29 is 26.7 Å². The lowest BCUT2D eigenvalue weighted by Gasteiger charge is -2.34. The Hall–Kier alpha value is -3.07. The minimum Gasteiger partial charge on any atom is -1.00 e. The van der Waals surface area contributed by atoms with Crippen molar-refractivity contribution >= 4 is 23.5 Å². The fraction of sp³-hybridized carbons (Fsp3) is 0.273. The zero-order chi connectivity index (χ0) is 21.0. The molecule has 0 aliphatic carbocycles. The average Bonchev–Trinajstić information content (AvgIpc) is 2.81. The van der Waals surface area contributed by atoms with Crippen LogP contribution in [0, 0.1) is 0 Å². The van der Waals surface area contributed by atoms with Gasteiger partial charge in [-0.3, -0.25) is 9.28 Å². The Bertz CT molecular complexity index is 1010. The molecule has 1 aliphatic heterocycles. The van der Waals surface area contributed by atoms with Crippen LogP contribution in [-0.2, 0) is 4.74 Å². The molecule has 8 nitrogen and oxygen atoms in total. The zero-order valence-electron chi connectivity index (χ0n) is 17.4. The summed E-state index contributed by atoms with van der Waals surface area (Å²) in [7, 11) is 3.56. The van der Waals surface area contributed by atoms with Crippen molar-refractivity contribution in [2.45, 2.75) is 0 Å². The molecule has 2 heterocycles. The number of aromatic nitrogens is 3. The van der Waals surface area contributed by atoms with Gasteiger partial charge in [0.15, 0.2) is 0 Å². The SMILES string of the molecule is COc1nc(N(C(=O)c2ccccc2)c2ccccc2)nc([N+]2(C)CCOCC2)n1.[Cl-]. The summed E-state index contributed by atoms with van der Waals surface area (Å²) in [5.74, 6) is 0.537. The molecule has 0 radical (unpaired) electrons. The van der Waals surface area contributed by atoms with Gasteiger partial charge in [-0.1, -0.05) is 36.4 Å². The van der Waals surface area contributed by atoms with E-state index in [9.17, 15) is 4.79 Å². The zero-order valence-corrected chi connectivity index (χ0v) is 18.2.